The van der Waals surface area contributed by atoms with Gasteiger partial charge in [0.25, 0.3) is 5.69 Å². The molecule has 7 heteroatoms. The van der Waals surface area contributed by atoms with Gasteiger partial charge in [-0.05, 0) is 26.2 Å². The summed E-state index contributed by atoms with van der Waals surface area (Å²) in [6.07, 6.45) is 1.89. The van der Waals surface area contributed by atoms with Crippen molar-refractivity contribution in [3.63, 3.8) is 0 Å². The van der Waals surface area contributed by atoms with Gasteiger partial charge in [0.15, 0.2) is 5.78 Å². The predicted molar refractivity (Wildman–Crippen MR) is 80.6 cm³/mol. The minimum atomic E-state index is -0.921. The van der Waals surface area contributed by atoms with Crippen LogP contribution in [0.1, 0.15) is 24.2 Å². The molecule has 1 atom stereocenters. The smallest absolute Gasteiger partial charge is 0.270 e. The molecule has 1 rings (SSSR count). The normalized spacial score (nSPS) is 13.6. The van der Waals surface area contributed by atoms with Crippen LogP contribution in [0.2, 0.25) is 0 Å². The van der Waals surface area contributed by atoms with E-state index in [0.29, 0.717) is 11.4 Å². The summed E-state index contributed by atoms with van der Waals surface area (Å²) in [4.78, 5) is 21.7. The largest absolute Gasteiger partial charge is 0.387 e. The number of nitro groups is 1. The molecular weight excluding hydrogens is 280 g/mol. The molecule has 0 saturated heterocycles. The fourth-order valence-corrected chi connectivity index (χ4v) is 2.46. The molecule has 20 heavy (non-hydrogen) atoms. The monoisotopic (exact) mass is 298 g/mol. The molecule has 0 aromatic heterocycles. The molecule has 0 saturated carbocycles. The first-order chi connectivity index (χ1) is 9.26. The first-order valence-electron chi connectivity index (χ1n) is 6.01. The third kappa shape index (κ3) is 4.50. The number of carbonyl (C=O) groups excluding carboxylic acids is 1. The number of carbonyl (C=O) groups is 1. The zero-order valence-corrected chi connectivity index (χ0v) is 12.5. The molecule has 0 bridgehead atoms. The van der Waals surface area contributed by atoms with Crippen LogP contribution in [-0.4, -0.2) is 40.0 Å². The van der Waals surface area contributed by atoms with Crippen LogP contribution in [0.25, 0.3) is 0 Å². The lowest BCUT2D eigenvalue weighted by Gasteiger charge is -2.23. The van der Waals surface area contributed by atoms with Crippen molar-refractivity contribution in [2.24, 2.45) is 0 Å². The third-order valence-corrected chi connectivity index (χ3v) is 3.62. The maximum Gasteiger partial charge on any atom is 0.270 e. The Kier molecular flexibility index (Phi) is 5.52. The number of nitro benzene ring substituents is 1. The Hall–Kier alpha value is -1.60. The molecule has 0 aliphatic heterocycles. The number of Topliss-reactive ketones (excluding diaryl/α,β-unsaturated/α-hetero) is 1. The quantitative estimate of drug-likeness (QED) is 0.456. The Labute approximate surface area is 121 Å². The van der Waals surface area contributed by atoms with Crippen molar-refractivity contribution >= 4 is 28.9 Å². The number of non-ortho nitro benzene ring substituents is 1. The Balaban J connectivity index is 2.95. The van der Waals surface area contributed by atoms with E-state index >= 15 is 0 Å². The van der Waals surface area contributed by atoms with Crippen molar-refractivity contribution in [2.75, 3.05) is 23.9 Å². The van der Waals surface area contributed by atoms with E-state index in [1.807, 2.05) is 6.26 Å². The van der Waals surface area contributed by atoms with Gasteiger partial charge in [-0.2, -0.15) is 11.8 Å². The number of nitrogens with one attached hydrogen (secondary N) is 1. The fraction of sp³-hybridized carbons (Fsp3) is 0.462. The number of rotatable bonds is 7. The minimum absolute atomic E-state index is 0.128. The molecule has 0 spiro atoms. The maximum absolute atomic E-state index is 11.6. The number of benzene rings is 1. The van der Waals surface area contributed by atoms with Crippen molar-refractivity contribution in [3.8, 4) is 0 Å². The minimum Gasteiger partial charge on any atom is -0.387 e. The lowest BCUT2D eigenvalue weighted by atomic mass is 10.1. The van der Waals surface area contributed by atoms with E-state index in [0.717, 1.165) is 0 Å². The van der Waals surface area contributed by atoms with Gasteiger partial charge in [0, 0.05) is 35.7 Å². The molecule has 0 unspecified atom stereocenters. The van der Waals surface area contributed by atoms with Crippen molar-refractivity contribution in [1.82, 2.24) is 0 Å². The second-order valence-corrected chi connectivity index (χ2v) is 5.69. The first kappa shape index (κ1) is 16.5. The number of ketones is 1. The maximum atomic E-state index is 11.6. The highest BCUT2D eigenvalue weighted by atomic mass is 32.2. The topological polar surface area (TPSA) is 92.5 Å². The lowest BCUT2D eigenvalue weighted by molar-refractivity contribution is -0.384. The van der Waals surface area contributed by atoms with Crippen molar-refractivity contribution in [2.45, 2.75) is 19.4 Å². The van der Waals surface area contributed by atoms with Gasteiger partial charge in [0.1, 0.15) is 0 Å². The summed E-state index contributed by atoms with van der Waals surface area (Å²) in [5.74, 6) is 0.281. The van der Waals surface area contributed by atoms with Crippen LogP contribution in [0.5, 0.6) is 0 Å². The number of anilines is 1. The standard InChI is InChI=1S/C13H18N2O4S/c1-9(16)11-6-10(15(18)19)4-5-12(11)14-7-13(2,17)8-20-3/h4-6,14,17H,7-8H2,1-3H3/t13-/m0/s1. The number of aliphatic hydroxyl groups is 1. The van der Waals surface area contributed by atoms with E-state index in [2.05, 4.69) is 5.32 Å². The highest BCUT2D eigenvalue weighted by Gasteiger charge is 2.21. The molecule has 0 aliphatic carbocycles. The molecule has 1 aromatic carbocycles. The summed E-state index contributed by atoms with van der Waals surface area (Å²) >= 11 is 1.51. The van der Waals surface area contributed by atoms with Gasteiger partial charge in [0.2, 0.25) is 0 Å². The van der Waals surface area contributed by atoms with Gasteiger partial charge in [-0.15, -0.1) is 0 Å². The third-order valence-electron chi connectivity index (χ3n) is 2.71. The Morgan fingerprint density at radius 1 is 1.55 bits per heavy atom. The summed E-state index contributed by atoms with van der Waals surface area (Å²) < 4.78 is 0. The van der Waals surface area contributed by atoms with Gasteiger partial charge >= 0.3 is 0 Å². The highest BCUT2D eigenvalue weighted by molar-refractivity contribution is 7.98. The molecule has 0 amide bonds. The molecule has 0 heterocycles. The van der Waals surface area contributed by atoms with Crippen LogP contribution in [-0.2, 0) is 0 Å². The van der Waals surface area contributed by atoms with Crippen LogP contribution in [0, 0.1) is 10.1 Å². The van der Waals surface area contributed by atoms with E-state index in [-0.39, 0.29) is 23.6 Å². The average Bonchev–Trinajstić information content (AvgIpc) is 2.36. The zero-order chi connectivity index (χ0) is 15.3. The molecule has 6 nitrogen and oxygen atoms in total. The van der Waals surface area contributed by atoms with E-state index in [1.54, 1.807) is 6.92 Å². The van der Waals surface area contributed by atoms with Gasteiger partial charge in [-0.25, -0.2) is 0 Å². The predicted octanol–water partition coefficient (Wildman–Crippen LogP) is 2.32. The van der Waals surface area contributed by atoms with E-state index < -0.39 is 10.5 Å². The van der Waals surface area contributed by atoms with Crippen LogP contribution in [0.4, 0.5) is 11.4 Å². The van der Waals surface area contributed by atoms with Crippen molar-refractivity contribution in [3.05, 3.63) is 33.9 Å². The molecule has 0 fully saturated rings. The van der Waals surface area contributed by atoms with Crippen LogP contribution >= 0.6 is 11.8 Å². The fourth-order valence-electron chi connectivity index (χ4n) is 1.74. The second-order valence-electron chi connectivity index (χ2n) is 4.83. The SMILES string of the molecule is CSC[C@@](C)(O)CNc1ccc([N+](=O)[O-])cc1C(C)=O. The van der Waals surface area contributed by atoms with Crippen molar-refractivity contribution < 1.29 is 14.8 Å². The van der Waals surface area contributed by atoms with Crippen LogP contribution in [0.3, 0.4) is 0 Å². The van der Waals surface area contributed by atoms with Gasteiger partial charge in [-0.1, -0.05) is 0 Å². The van der Waals surface area contributed by atoms with E-state index in [1.165, 1.54) is 36.9 Å². The molecule has 110 valence electrons. The number of hydrogen-bond donors (Lipinski definition) is 2. The summed E-state index contributed by atoms with van der Waals surface area (Å²) in [6.45, 7) is 3.30. The van der Waals surface area contributed by atoms with Gasteiger partial charge in [0.05, 0.1) is 10.5 Å². The van der Waals surface area contributed by atoms with Gasteiger partial charge in [-0.3, -0.25) is 14.9 Å². The summed E-state index contributed by atoms with van der Waals surface area (Å²) in [7, 11) is 0. The average molecular weight is 298 g/mol. The first-order valence-corrected chi connectivity index (χ1v) is 7.41. The molecule has 2 N–H and O–H groups in total. The second kappa shape index (κ2) is 6.71. The summed E-state index contributed by atoms with van der Waals surface area (Å²) in [5, 5.41) is 23.8. The summed E-state index contributed by atoms with van der Waals surface area (Å²) in [5.41, 5.74) is -0.310. The lowest BCUT2D eigenvalue weighted by Crippen LogP contribution is -2.36. The Morgan fingerprint density at radius 3 is 2.70 bits per heavy atom. The molecular formula is C13H18N2O4S. The molecule has 1 aromatic rings. The number of hydrogen-bond acceptors (Lipinski definition) is 6. The van der Waals surface area contributed by atoms with Crippen LogP contribution in [0.15, 0.2) is 18.2 Å². The Morgan fingerprint density at radius 2 is 2.20 bits per heavy atom. The van der Waals surface area contributed by atoms with E-state index in [4.69, 9.17) is 0 Å². The molecule has 0 radical (unpaired) electrons. The van der Waals surface area contributed by atoms with Gasteiger partial charge < -0.3 is 10.4 Å². The Bertz CT molecular complexity index is 517. The van der Waals surface area contributed by atoms with E-state index in [9.17, 15) is 20.0 Å². The van der Waals surface area contributed by atoms with Crippen LogP contribution < -0.4 is 5.32 Å². The summed E-state index contributed by atoms with van der Waals surface area (Å²) in [6, 6.07) is 4.07. The molecule has 0 aliphatic rings. The highest BCUT2D eigenvalue weighted by Crippen LogP contribution is 2.23. The zero-order valence-electron chi connectivity index (χ0n) is 11.7. The number of thioether (sulfide) groups is 1. The number of nitrogens with zero attached hydrogens (tertiary/aromatic N) is 1. The van der Waals surface area contributed by atoms with Crippen molar-refractivity contribution in [1.29, 1.82) is 0 Å².